The van der Waals surface area contributed by atoms with Gasteiger partial charge in [-0.15, -0.1) is 0 Å². The molecule has 0 spiro atoms. The van der Waals surface area contributed by atoms with Gasteiger partial charge in [0.25, 0.3) is 5.91 Å². The van der Waals surface area contributed by atoms with Crippen molar-refractivity contribution in [1.82, 2.24) is 4.90 Å². The number of piperidine rings is 1. The number of carbonyl (C=O) groups is 1. The van der Waals surface area contributed by atoms with Gasteiger partial charge in [0, 0.05) is 17.6 Å². The highest BCUT2D eigenvalue weighted by molar-refractivity contribution is 5.95. The lowest BCUT2D eigenvalue weighted by molar-refractivity contribution is 0.0287. The van der Waals surface area contributed by atoms with Crippen LogP contribution >= 0.6 is 0 Å². The second-order valence-corrected chi connectivity index (χ2v) is 5.27. The minimum absolute atomic E-state index is 0.0226. The van der Waals surface area contributed by atoms with E-state index in [1.807, 2.05) is 4.90 Å². The van der Waals surface area contributed by atoms with Crippen LogP contribution in [-0.4, -0.2) is 39.2 Å². The number of phenolic OH excluding ortho intramolecular Hbond substituents is 1. The number of carbonyl (C=O) groups excluding carboxylic acids is 1. The van der Waals surface area contributed by atoms with Crippen LogP contribution in [0.4, 0.5) is 0 Å². The van der Waals surface area contributed by atoms with Gasteiger partial charge in [-0.1, -0.05) is 0 Å². The number of nitrogens with zero attached hydrogens (tertiary/aromatic N) is 1. The molecular formula is C14H17NO3. The van der Waals surface area contributed by atoms with Crippen LogP contribution in [-0.2, 0) is 0 Å². The molecular weight excluding hydrogens is 230 g/mol. The summed E-state index contributed by atoms with van der Waals surface area (Å²) in [6, 6.07) is 6.74. The Morgan fingerprint density at radius 2 is 1.67 bits per heavy atom. The maximum atomic E-state index is 12.4. The van der Waals surface area contributed by atoms with E-state index in [0.29, 0.717) is 18.4 Å². The molecule has 2 atom stereocenters. The molecule has 96 valence electrons. The summed E-state index contributed by atoms with van der Waals surface area (Å²) in [5, 5.41) is 19.0. The van der Waals surface area contributed by atoms with Crippen LogP contribution in [0.1, 0.15) is 36.0 Å². The van der Waals surface area contributed by atoms with Crippen LogP contribution in [0, 0.1) is 0 Å². The van der Waals surface area contributed by atoms with Crippen molar-refractivity contribution in [3.63, 3.8) is 0 Å². The Morgan fingerprint density at radius 3 is 2.22 bits per heavy atom. The predicted octanol–water partition coefficient (Wildman–Crippen LogP) is 1.52. The lowest BCUT2D eigenvalue weighted by Gasteiger charge is -2.37. The zero-order valence-electron chi connectivity index (χ0n) is 10.1. The molecule has 2 bridgehead atoms. The standard InChI is InChI=1S/C14H17NO3/c16-12-5-1-9(2-6-12)14(18)15-10-3-4-11(15)8-13(17)7-10/h1-2,5-6,10-11,13,16-17H,3-4,7-8H2. The van der Waals surface area contributed by atoms with E-state index < -0.39 is 0 Å². The molecule has 4 heteroatoms. The first-order chi connectivity index (χ1) is 8.65. The van der Waals surface area contributed by atoms with Gasteiger partial charge in [-0.2, -0.15) is 0 Å². The smallest absolute Gasteiger partial charge is 0.254 e. The van der Waals surface area contributed by atoms with E-state index in [1.165, 1.54) is 12.1 Å². The summed E-state index contributed by atoms with van der Waals surface area (Å²) in [6.07, 6.45) is 3.11. The van der Waals surface area contributed by atoms with Crippen LogP contribution in [0.25, 0.3) is 0 Å². The Hall–Kier alpha value is -1.55. The van der Waals surface area contributed by atoms with Gasteiger partial charge in [-0.05, 0) is 49.9 Å². The zero-order chi connectivity index (χ0) is 12.7. The molecule has 4 nitrogen and oxygen atoms in total. The molecule has 2 unspecified atom stereocenters. The van der Waals surface area contributed by atoms with E-state index in [2.05, 4.69) is 0 Å². The van der Waals surface area contributed by atoms with Crippen molar-refractivity contribution in [2.75, 3.05) is 0 Å². The Bertz CT molecular complexity index is 443. The molecule has 0 aliphatic carbocycles. The summed E-state index contributed by atoms with van der Waals surface area (Å²) in [7, 11) is 0. The fourth-order valence-corrected chi connectivity index (χ4v) is 3.23. The number of aromatic hydroxyl groups is 1. The highest BCUT2D eigenvalue weighted by Crippen LogP contribution is 2.36. The molecule has 0 aromatic heterocycles. The van der Waals surface area contributed by atoms with Crippen molar-refractivity contribution >= 4 is 5.91 Å². The van der Waals surface area contributed by atoms with Crippen LogP contribution in [0.5, 0.6) is 5.75 Å². The number of fused-ring (bicyclic) bond motifs is 2. The zero-order valence-corrected chi connectivity index (χ0v) is 10.1. The minimum atomic E-state index is -0.258. The number of aliphatic hydroxyl groups is 1. The van der Waals surface area contributed by atoms with Gasteiger partial charge in [-0.25, -0.2) is 0 Å². The van der Waals surface area contributed by atoms with Gasteiger partial charge in [0.15, 0.2) is 0 Å². The quantitative estimate of drug-likeness (QED) is 0.791. The molecule has 0 radical (unpaired) electrons. The van der Waals surface area contributed by atoms with Crippen molar-refractivity contribution in [3.8, 4) is 5.75 Å². The number of rotatable bonds is 1. The number of phenols is 1. The molecule has 2 aliphatic rings. The molecule has 1 amide bonds. The Morgan fingerprint density at radius 1 is 1.11 bits per heavy atom. The van der Waals surface area contributed by atoms with Crippen molar-refractivity contribution < 1.29 is 15.0 Å². The SMILES string of the molecule is O=C(c1ccc(O)cc1)N1C2CCC1CC(O)C2. The van der Waals surface area contributed by atoms with Gasteiger partial charge in [0.05, 0.1) is 6.10 Å². The summed E-state index contributed by atoms with van der Waals surface area (Å²) in [5.41, 5.74) is 0.612. The molecule has 1 aromatic rings. The maximum Gasteiger partial charge on any atom is 0.254 e. The fourth-order valence-electron chi connectivity index (χ4n) is 3.23. The number of hydrogen-bond acceptors (Lipinski definition) is 3. The second-order valence-electron chi connectivity index (χ2n) is 5.27. The number of hydrogen-bond donors (Lipinski definition) is 2. The van der Waals surface area contributed by atoms with E-state index in [4.69, 9.17) is 0 Å². The lowest BCUT2D eigenvalue weighted by atomic mass is 9.99. The highest BCUT2D eigenvalue weighted by Gasteiger charge is 2.42. The Balaban J connectivity index is 1.83. The van der Waals surface area contributed by atoms with E-state index in [0.717, 1.165) is 12.8 Å². The van der Waals surface area contributed by atoms with Crippen molar-refractivity contribution in [2.24, 2.45) is 0 Å². The molecule has 2 fully saturated rings. The van der Waals surface area contributed by atoms with Crippen LogP contribution < -0.4 is 0 Å². The van der Waals surface area contributed by atoms with E-state index in [9.17, 15) is 15.0 Å². The summed E-state index contributed by atoms with van der Waals surface area (Å²) in [6.45, 7) is 0. The number of aliphatic hydroxyl groups excluding tert-OH is 1. The minimum Gasteiger partial charge on any atom is -0.508 e. The number of benzene rings is 1. The third-order valence-electron chi connectivity index (χ3n) is 4.06. The molecule has 18 heavy (non-hydrogen) atoms. The predicted molar refractivity (Wildman–Crippen MR) is 66.3 cm³/mol. The van der Waals surface area contributed by atoms with Gasteiger partial charge in [0.2, 0.25) is 0 Å². The monoisotopic (exact) mass is 247 g/mol. The van der Waals surface area contributed by atoms with Crippen molar-refractivity contribution in [3.05, 3.63) is 29.8 Å². The van der Waals surface area contributed by atoms with Gasteiger partial charge in [-0.3, -0.25) is 4.79 Å². The molecule has 1 aromatic carbocycles. The van der Waals surface area contributed by atoms with Crippen molar-refractivity contribution in [2.45, 2.75) is 43.9 Å². The third-order valence-corrected chi connectivity index (χ3v) is 4.06. The second kappa shape index (κ2) is 4.28. The van der Waals surface area contributed by atoms with Crippen LogP contribution in [0.3, 0.4) is 0 Å². The fraction of sp³-hybridized carbons (Fsp3) is 0.500. The first-order valence-electron chi connectivity index (χ1n) is 6.45. The topological polar surface area (TPSA) is 60.8 Å². The van der Waals surface area contributed by atoms with Gasteiger partial charge >= 0.3 is 0 Å². The maximum absolute atomic E-state index is 12.4. The van der Waals surface area contributed by atoms with Gasteiger partial charge in [0.1, 0.15) is 5.75 Å². The average Bonchev–Trinajstić information content (AvgIpc) is 2.62. The van der Waals surface area contributed by atoms with Crippen LogP contribution in [0.2, 0.25) is 0 Å². The average molecular weight is 247 g/mol. The molecule has 3 rings (SSSR count). The van der Waals surface area contributed by atoms with Crippen LogP contribution in [0.15, 0.2) is 24.3 Å². The molecule has 2 heterocycles. The van der Waals surface area contributed by atoms with Crippen molar-refractivity contribution in [1.29, 1.82) is 0 Å². The highest BCUT2D eigenvalue weighted by atomic mass is 16.3. The molecule has 2 aliphatic heterocycles. The van der Waals surface area contributed by atoms with Gasteiger partial charge < -0.3 is 15.1 Å². The summed E-state index contributed by atoms with van der Waals surface area (Å²) < 4.78 is 0. The lowest BCUT2D eigenvalue weighted by Crippen LogP contribution is -2.47. The van der Waals surface area contributed by atoms with E-state index in [1.54, 1.807) is 12.1 Å². The normalized spacial score (nSPS) is 30.5. The molecule has 0 saturated carbocycles. The summed E-state index contributed by atoms with van der Waals surface area (Å²) in [4.78, 5) is 14.4. The Kier molecular flexibility index (Phi) is 2.74. The molecule has 2 N–H and O–H groups in total. The first-order valence-corrected chi connectivity index (χ1v) is 6.45. The largest absolute Gasteiger partial charge is 0.508 e. The third kappa shape index (κ3) is 1.86. The summed E-state index contributed by atoms with van der Waals surface area (Å²) in [5.74, 6) is 0.193. The van der Waals surface area contributed by atoms with E-state index in [-0.39, 0.29) is 29.8 Å². The summed E-state index contributed by atoms with van der Waals surface area (Å²) >= 11 is 0. The Labute approximate surface area is 106 Å². The molecule has 2 saturated heterocycles. The number of amides is 1. The first kappa shape index (κ1) is 11.5. The van der Waals surface area contributed by atoms with E-state index >= 15 is 0 Å².